The van der Waals surface area contributed by atoms with Gasteiger partial charge in [0.15, 0.2) is 11.5 Å². The Morgan fingerprint density at radius 1 is 1.06 bits per heavy atom. The van der Waals surface area contributed by atoms with Crippen LogP contribution in [0.1, 0.15) is 6.92 Å². The van der Waals surface area contributed by atoms with E-state index in [1.165, 1.54) is 12.1 Å². The first-order valence-corrected chi connectivity index (χ1v) is 5.65. The third-order valence-electron chi connectivity index (χ3n) is 2.31. The topological polar surface area (TPSA) is 44.5 Å². The van der Waals surface area contributed by atoms with E-state index in [1.807, 2.05) is 6.92 Å². The average molecular weight is 247 g/mol. The van der Waals surface area contributed by atoms with Gasteiger partial charge in [0, 0.05) is 11.8 Å². The van der Waals surface area contributed by atoms with Crippen molar-refractivity contribution in [3.05, 3.63) is 48.3 Å². The van der Waals surface area contributed by atoms with E-state index in [1.54, 1.807) is 30.3 Å². The van der Waals surface area contributed by atoms with Gasteiger partial charge in [0.05, 0.1) is 6.61 Å². The van der Waals surface area contributed by atoms with Crippen molar-refractivity contribution in [3.63, 3.8) is 0 Å². The van der Waals surface area contributed by atoms with E-state index in [4.69, 9.17) is 15.2 Å². The fourth-order valence-electron chi connectivity index (χ4n) is 1.50. The number of hydrogen-bond donors (Lipinski definition) is 1. The summed E-state index contributed by atoms with van der Waals surface area (Å²) >= 11 is 0. The Balaban J connectivity index is 2.26. The van der Waals surface area contributed by atoms with Gasteiger partial charge < -0.3 is 15.2 Å². The molecule has 4 heteroatoms. The van der Waals surface area contributed by atoms with Gasteiger partial charge >= 0.3 is 0 Å². The third kappa shape index (κ3) is 2.91. The Labute approximate surface area is 105 Å². The molecule has 0 aromatic heterocycles. The van der Waals surface area contributed by atoms with Gasteiger partial charge in [-0.3, -0.25) is 0 Å². The van der Waals surface area contributed by atoms with Gasteiger partial charge in [0.1, 0.15) is 11.6 Å². The number of nitrogen functional groups attached to an aromatic ring is 1. The molecule has 0 bridgehead atoms. The number of rotatable bonds is 4. The molecule has 0 aliphatic heterocycles. The number of hydrogen-bond acceptors (Lipinski definition) is 3. The van der Waals surface area contributed by atoms with Crippen LogP contribution in [0.2, 0.25) is 0 Å². The highest BCUT2D eigenvalue weighted by molar-refractivity contribution is 5.46. The summed E-state index contributed by atoms with van der Waals surface area (Å²) in [5.41, 5.74) is 6.23. The molecule has 0 spiro atoms. The van der Waals surface area contributed by atoms with Crippen molar-refractivity contribution in [2.24, 2.45) is 0 Å². The summed E-state index contributed by atoms with van der Waals surface area (Å²) in [4.78, 5) is 0. The van der Waals surface area contributed by atoms with Gasteiger partial charge in [-0.2, -0.15) is 0 Å². The van der Waals surface area contributed by atoms with Crippen molar-refractivity contribution in [1.82, 2.24) is 0 Å². The van der Waals surface area contributed by atoms with Gasteiger partial charge in [-0.05, 0) is 43.3 Å². The number of ether oxygens (including phenoxy) is 2. The first-order valence-electron chi connectivity index (χ1n) is 5.65. The van der Waals surface area contributed by atoms with Crippen LogP contribution in [-0.2, 0) is 0 Å². The first-order chi connectivity index (χ1) is 8.69. The van der Waals surface area contributed by atoms with Crippen LogP contribution in [0.5, 0.6) is 17.2 Å². The van der Waals surface area contributed by atoms with E-state index in [0.717, 1.165) is 0 Å². The zero-order valence-electron chi connectivity index (χ0n) is 10.0. The van der Waals surface area contributed by atoms with E-state index in [2.05, 4.69) is 0 Å². The molecule has 2 aromatic rings. The lowest BCUT2D eigenvalue weighted by Crippen LogP contribution is -1.95. The SMILES string of the molecule is CCOc1ccc(F)cc1Oc1ccc(N)cc1. The van der Waals surface area contributed by atoms with Crippen molar-refractivity contribution in [3.8, 4) is 17.2 Å². The lowest BCUT2D eigenvalue weighted by atomic mass is 10.3. The molecule has 0 saturated heterocycles. The molecule has 0 heterocycles. The molecular weight excluding hydrogens is 233 g/mol. The standard InChI is InChI=1S/C14H14FNO2/c1-2-17-13-8-3-10(15)9-14(13)18-12-6-4-11(16)5-7-12/h3-9H,2,16H2,1H3. The summed E-state index contributed by atoms with van der Waals surface area (Å²) < 4.78 is 24.1. The maximum Gasteiger partial charge on any atom is 0.172 e. The lowest BCUT2D eigenvalue weighted by Gasteiger charge is -2.11. The maximum atomic E-state index is 13.2. The second-order valence-electron chi connectivity index (χ2n) is 3.70. The lowest BCUT2D eigenvalue weighted by molar-refractivity contribution is 0.320. The number of halogens is 1. The Bertz CT molecular complexity index is 526. The molecule has 0 saturated carbocycles. The van der Waals surface area contributed by atoms with E-state index in [9.17, 15) is 4.39 Å². The van der Waals surface area contributed by atoms with E-state index in [0.29, 0.717) is 29.5 Å². The van der Waals surface area contributed by atoms with Crippen molar-refractivity contribution >= 4 is 5.69 Å². The van der Waals surface area contributed by atoms with Crippen LogP contribution in [0, 0.1) is 5.82 Å². The molecule has 3 nitrogen and oxygen atoms in total. The summed E-state index contributed by atoms with van der Waals surface area (Å²) in [5, 5.41) is 0. The van der Waals surface area contributed by atoms with Crippen molar-refractivity contribution in [2.75, 3.05) is 12.3 Å². The van der Waals surface area contributed by atoms with Gasteiger partial charge in [-0.25, -0.2) is 4.39 Å². The molecule has 0 radical (unpaired) electrons. The van der Waals surface area contributed by atoms with E-state index < -0.39 is 0 Å². The number of anilines is 1. The van der Waals surface area contributed by atoms with Crippen molar-refractivity contribution < 1.29 is 13.9 Å². The van der Waals surface area contributed by atoms with Crippen LogP contribution in [0.15, 0.2) is 42.5 Å². The summed E-state index contributed by atoms with van der Waals surface area (Å²) in [7, 11) is 0. The van der Waals surface area contributed by atoms with Crippen LogP contribution in [0.25, 0.3) is 0 Å². The Kier molecular flexibility index (Phi) is 3.67. The van der Waals surface area contributed by atoms with Gasteiger partial charge in [-0.15, -0.1) is 0 Å². The molecule has 0 aliphatic rings. The van der Waals surface area contributed by atoms with Gasteiger partial charge in [0.2, 0.25) is 0 Å². The monoisotopic (exact) mass is 247 g/mol. The van der Waals surface area contributed by atoms with E-state index in [-0.39, 0.29) is 5.82 Å². The fraction of sp³-hybridized carbons (Fsp3) is 0.143. The highest BCUT2D eigenvalue weighted by atomic mass is 19.1. The summed E-state index contributed by atoms with van der Waals surface area (Å²) in [6.45, 7) is 2.35. The molecule has 0 unspecified atom stereocenters. The molecule has 2 N–H and O–H groups in total. The predicted molar refractivity (Wildman–Crippen MR) is 68.5 cm³/mol. The number of nitrogens with two attached hydrogens (primary N) is 1. The average Bonchev–Trinajstić information content (AvgIpc) is 2.36. The minimum atomic E-state index is -0.371. The molecule has 2 aromatic carbocycles. The fourth-order valence-corrected chi connectivity index (χ4v) is 1.50. The second-order valence-corrected chi connectivity index (χ2v) is 3.70. The molecular formula is C14H14FNO2. The summed E-state index contributed by atoms with van der Waals surface area (Å²) in [6.07, 6.45) is 0. The Morgan fingerprint density at radius 2 is 1.78 bits per heavy atom. The Morgan fingerprint density at radius 3 is 2.44 bits per heavy atom. The summed E-state index contributed by atoms with van der Waals surface area (Å²) in [5.74, 6) is 1.07. The molecule has 18 heavy (non-hydrogen) atoms. The minimum Gasteiger partial charge on any atom is -0.490 e. The van der Waals surface area contributed by atoms with Gasteiger partial charge in [0.25, 0.3) is 0 Å². The van der Waals surface area contributed by atoms with Crippen molar-refractivity contribution in [1.29, 1.82) is 0 Å². The minimum absolute atomic E-state index is 0.349. The third-order valence-corrected chi connectivity index (χ3v) is 2.31. The van der Waals surface area contributed by atoms with E-state index >= 15 is 0 Å². The zero-order chi connectivity index (χ0) is 13.0. The largest absolute Gasteiger partial charge is 0.490 e. The van der Waals surface area contributed by atoms with Crippen molar-refractivity contribution in [2.45, 2.75) is 6.92 Å². The Hall–Kier alpha value is -2.23. The summed E-state index contributed by atoms with van der Waals surface area (Å²) in [6, 6.07) is 11.0. The normalized spacial score (nSPS) is 10.1. The molecule has 2 rings (SSSR count). The molecule has 0 aliphatic carbocycles. The highest BCUT2D eigenvalue weighted by Gasteiger charge is 2.07. The smallest absolute Gasteiger partial charge is 0.172 e. The first kappa shape index (κ1) is 12.2. The molecule has 0 fully saturated rings. The van der Waals surface area contributed by atoms with Crippen LogP contribution < -0.4 is 15.2 Å². The van der Waals surface area contributed by atoms with Crippen LogP contribution in [0.3, 0.4) is 0 Å². The zero-order valence-corrected chi connectivity index (χ0v) is 10.0. The quantitative estimate of drug-likeness (QED) is 0.839. The maximum absolute atomic E-state index is 13.2. The molecule has 0 atom stereocenters. The molecule has 94 valence electrons. The predicted octanol–water partition coefficient (Wildman–Crippen LogP) is 3.60. The van der Waals surface area contributed by atoms with Crippen LogP contribution in [-0.4, -0.2) is 6.61 Å². The van der Waals surface area contributed by atoms with Gasteiger partial charge in [-0.1, -0.05) is 0 Å². The molecule has 0 amide bonds. The second kappa shape index (κ2) is 5.40. The highest BCUT2D eigenvalue weighted by Crippen LogP contribution is 2.32. The number of benzene rings is 2. The van der Waals surface area contributed by atoms with Crippen LogP contribution >= 0.6 is 0 Å². The van der Waals surface area contributed by atoms with Crippen LogP contribution in [0.4, 0.5) is 10.1 Å².